The van der Waals surface area contributed by atoms with E-state index in [1.165, 1.54) is 47.7 Å². The molecule has 0 spiro atoms. The SMILES string of the molecule is Cc1cccc(/C=C2/[C@H](O)C3CC[NH+]2CC3)c1. The van der Waals surface area contributed by atoms with Crippen LogP contribution in [0.2, 0.25) is 0 Å². The van der Waals surface area contributed by atoms with Gasteiger partial charge in [0.15, 0.2) is 0 Å². The second-order valence-electron chi connectivity index (χ2n) is 5.40. The molecule has 0 radical (unpaired) electrons. The zero-order valence-electron chi connectivity index (χ0n) is 10.3. The second-order valence-corrected chi connectivity index (χ2v) is 5.40. The van der Waals surface area contributed by atoms with Gasteiger partial charge in [0.1, 0.15) is 11.8 Å². The van der Waals surface area contributed by atoms with E-state index in [2.05, 4.69) is 37.3 Å². The van der Waals surface area contributed by atoms with Crippen LogP contribution in [0.15, 0.2) is 30.0 Å². The molecule has 0 aromatic heterocycles. The fourth-order valence-electron chi connectivity index (χ4n) is 3.18. The molecule has 3 saturated heterocycles. The van der Waals surface area contributed by atoms with Gasteiger partial charge < -0.3 is 10.0 Å². The van der Waals surface area contributed by atoms with Crippen molar-refractivity contribution in [1.82, 2.24) is 0 Å². The second kappa shape index (κ2) is 4.28. The fourth-order valence-corrected chi connectivity index (χ4v) is 3.18. The van der Waals surface area contributed by atoms with Crippen molar-refractivity contribution in [3.8, 4) is 0 Å². The Bertz CT molecular complexity index is 440. The predicted octanol–water partition coefficient (Wildman–Crippen LogP) is 1.01. The van der Waals surface area contributed by atoms with Gasteiger partial charge in [-0.1, -0.05) is 29.8 Å². The Hall–Kier alpha value is -1.12. The summed E-state index contributed by atoms with van der Waals surface area (Å²) in [6.45, 7) is 4.50. The Morgan fingerprint density at radius 1 is 1.29 bits per heavy atom. The highest BCUT2D eigenvalue weighted by Gasteiger charge is 2.40. The van der Waals surface area contributed by atoms with E-state index >= 15 is 0 Å². The molecule has 1 aromatic carbocycles. The summed E-state index contributed by atoms with van der Waals surface area (Å²) in [6.07, 6.45) is 4.34. The van der Waals surface area contributed by atoms with E-state index in [0.29, 0.717) is 5.92 Å². The van der Waals surface area contributed by atoms with Crippen LogP contribution < -0.4 is 4.90 Å². The molecule has 3 fully saturated rings. The molecule has 1 aromatic rings. The summed E-state index contributed by atoms with van der Waals surface area (Å²) in [6, 6.07) is 8.50. The Labute approximate surface area is 103 Å². The van der Waals surface area contributed by atoms with Crippen LogP contribution in [0.1, 0.15) is 24.0 Å². The molecular weight excluding hydrogens is 210 g/mol. The third-order valence-electron chi connectivity index (χ3n) is 4.17. The standard InChI is InChI=1S/C15H19NO/c1-11-3-2-4-12(9-11)10-14-15(17)13-5-7-16(14)8-6-13/h2-4,9-10,13,15,17H,5-8H2,1H3/p+1/b14-10-/t15-/m1/s1. The smallest absolute Gasteiger partial charge is 0.137 e. The van der Waals surface area contributed by atoms with Crippen LogP contribution >= 0.6 is 0 Å². The largest absolute Gasteiger partial charge is 0.383 e. The monoisotopic (exact) mass is 230 g/mol. The Morgan fingerprint density at radius 3 is 2.71 bits per heavy atom. The van der Waals surface area contributed by atoms with Gasteiger partial charge in [-0.05, 0) is 12.5 Å². The maximum absolute atomic E-state index is 10.3. The van der Waals surface area contributed by atoms with E-state index in [-0.39, 0.29) is 6.10 Å². The van der Waals surface area contributed by atoms with E-state index in [1.807, 2.05) is 0 Å². The number of hydrogen-bond acceptors (Lipinski definition) is 1. The highest BCUT2D eigenvalue weighted by Crippen LogP contribution is 2.25. The molecule has 0 aliphatic carbocycles. The zero-order chi connectivity index (χ0) is 11.8. The van der Waals surface area contributed by atoms with Gasteiger partial charge in [0.25, 0.3) is 0 Å². The molecule has 2 nitrogen and oxygen atoms in total. The van der Waals surface area contributed by atoms with E-state index in [9.17, 15) is 5.11 Å². The van der Waals surface area contributed by atoms with Crippen LogP contribution in [0.4, 0.5) is 0 Å². The zero-order valence-corrected chi connectivity index (χ0v) is 10.3. The minimum Gasteiger partial charge on any atom is -0.383 e. The molecule has 1 atom stereocenters. The maximum Gasteiger partial charge on any atom is 0.137 e. The molecule has 4 rings (SSSR count). The summed E-state index contributed by atoms with van der Waals surface area (Å²) in [4.78, 5) is 1.49. The average Bonchev–Trinajstić information content (AvgIpc) is 2.34. The number of aliphatic hydroxyl groups excluding tert-OH is 1. The van der Waals surface area contributed by atoms with Gasteiger partial charge in [-0.3, -0.25) is 0 Å². The number of fused-ring (bicyclic) bond motifs is 3. The van der Waals surface area contributed by atoms with Crippen LogP contribution in [-0.2, 0) is 0 Å². The average molecular weight is 230 g/mol. The van der Waals surface area contributed by atoms with E-state index in [0.717, 1.165) is 0 Å². The summed E-state index contributed by atoms with van der Waals surface area (Å²) >= 11 is 0. The first-order chi connectivity index (χ1) is 8.24. The third-order valence-corrected chi connectivity index (χ3v) is 4.17. The van der Waals surface area contributed by atoms with Crippen molar-refractivity contribution in [3.63, 3.8) is 0 Å². The summed E-state index contributed by atoms with van der Waals surface area (Å²) in [5.74, 6) is 0.503. The summed E-state index contributed by atoms with van der Waals surface area (Å²) < 4.78 is 0. The van der Waals surface area contributed by atoms with Crippen molar-refractivity contribution in [2.45, 2.75) is 25.9 Å². The molecule has 3 heterocycles. The normalized spacial score (nSPS) is 34.2. The molecule has 0 amide bonds. The van der Waals surface area contributed by atoms with Crippen molar-refractivity contribution in [2.75, 3.05) is 13.1 Å². The lowest BCUT2D eigenvalue weighted by Crippen LogP contribution is -3.14. The first kappa shape index (κ1) is 11.0. The molecule has 17 heavy (non-hydrogen) atoms. The van der Waals surface area contributed by atoms with Crippen molar-refractivity contribution >= 4 is 6.08 Å². The first-order valence-electron chi connectivity index (χ1n) is 6.55. The lowest BCUT2D eigenvalue weighted by atomic mass is 9.83. The van der Waals surface area contributed by atoms with E-state index in [1.54, 1.807) is 0 Å². The Kier molecular flexibility index (Phi) is 2.77. The topological polar surface area (TPSA) is 24.7 Å². The molecule has 90 valence electrons. The highest BCUT2D eigenvalue weighted by atomic mass is 16.3. The van der Waals surface area contributed by atoms with Crippen LogP contribution in [0.3, 0.4) is 0 Å². The number of aryl methyl sites for hydroxylation is 1. The summed E-state index contributed by atoms with van der Waals surface area (Å²) in [5, 5.41) is 10.3. The minimum atomic E-state index is -0.215. The van der Waals surface area contributed by atoms with Gasteiger partial charge in [0.2, 0.25) is 0 Å². The van der Waals surface area contributed by atoms with Gasteiger partial charge in [-0.25, -0.2) is 0 Å². The maximum atomic E-state index is 10.3. The number of rotatable bonds is 1. The minimum absolute atomic E-state index is 0.215. The van der Waals surface area contributed by atoms with Crippen molar-refractivity contribution in [1.29, 1.82) is 0 Å². The highest BCUT2D eigenvalue weighted by molar-refractivity contribution is 5.53. The van der Waals surface area contributed by atoms with Crippen molar-refractivity contribution < 1.29 is 10.0 Å². The van der Waals surface area contributed by atoms with Crippen LogP contribution in [-0.4, -0.2) is 24.3 Å². The lowest BCUT2D eigenvalue weighted by molar-refractivity contribution is -0.880. The molecule has 2 heteroatoms. The van der Waals surface area contributed by atoms with Crippen molar-refractivity contribution in [3.05, 3.63) is 41.1 Å². The van der Waals surface area contributed by atoms with E-state index in [4.69, 9.17) is 0 Å². The van der Waals surface area contributed by atoms with E-state index < -0.39 is 0 Å². The molecule has 3 aliphatic rings. The molecule has 0 saturated carbocycles. The number of nitrogens with one attached hydrogen (secondary N) is 1. The number of benzene rings is 1. The number of piperidine rings is 3. The summed E-state index contributed by atoms with van der Waals surface area (Å²) in [7, 11) is 0. The molecule has 2 N–H and O–H groups in total. The third kappa shape index (κ3) is 2.03. The molecule has 0 unspecified atom stereocenters. The predicted molar refractivity (Wildman–Crippen MR) is 68.6 cm³/mol. The molecular formula is C15H20NO+. The van der Waals surface area contributed by atoms with Gasteiger partial charge >= 0.3 is 0 Å². The fraction of sp³-hybridized carbons (Fsp3) is 0.467. The number of hydrogen-bond donors (Lipinski definition) is 2. The van der Waals surface area contributed by atoms with Gasteiger partial charge in [0.05, 0.1) is 13.1 Å². The Morgan fingerprint density at radius 2 is 2.06 bits per heavy atom. The molecule has 2 bridgehead atoms. The van der Waals surface area contributed by atoms with Crippen LogP contribution in [0.5, 0.6) is 0 Å². The van der Waals surface area contributed by atoms with Crippen LogP contribution in [0, 0.1) is 12.8 Å². The van der Waals surface area contributed by atoms with Gasteiger partial charge in [0, 0.05) is 24.8 Å². The first-order valence-corrected chi connectivity index (χ1v) is 6.55. The number of quaternary nitrogens is 1. The van der Waals surface area contributed by atoms with Gasteiger partial charge in [-0.15, -0.1) is 0 Å². The Balaban J connectivity index is 1.93. The lowest BCUT2D eigenvalue weighted by Gasteiger charge is -2.41. The molecule has 3 aliphatic heterocycles. The van der Waals surface area contributed by atoms with Crippen molar-refractivity contribution in [2.24, 2.45) is 5.92 Å². The number of aliphatic hydroxyl groups is 1. The van der Waals surface area contributed by atoms with Gasteiger partial charge in [-0.2, -0.15) is 0 Å². The van der Waals surface area contributed by atoms with Crippen LogP contribution in [0.25, 0.3) is 6.08 Å². The quantitative estimate of drug-likeness (QED) is 0.739. The summed E-state index contributed by atoms with van der Waals surface area (Å²) in [5.41, 5.74) is 3.71.